The number of rotatable bonds is 30. The van der Waals surface area contributed by atoms with E-state index in [1.165, 1.54) is 9.80 Å². The highest BCUT2D eigenvalue weighted by Crippen LogP contribution is 2.38. The second-order valence-corrected chi connectivity index (χ2v) is 18.0. The van der Waals surface area contributed by atoms with Gasteiger partial charge in [-0.15, -0.1) is 0 Å². The maximum absolute atomic E-state index is 12.9. The number of carboxylic acids is 5. The molecular formula is C50H65N7O12+2. The largest absolute Gasteiger partial charge is 0.480 e. The molecule has 1 unspecified atom stereocenters. The Hall–Kier alpha value is -6.93. The predicted octanol–water partition coefficient (Wildman–Crippen LogP) is 3.86. The first-order chi connectivity index (χ1) is 32.9. The maximum atomic E-state index is 12.9. The number of anilines is 2. The van der Waals surface area contributed by atoms with Crippen LogP contribution < -0.4 is 19.5 Å². The fourth-order valence-corrected chi connectivity index (χ4v) is 8.47. The maximum Gasteiger partial charge on any atom is 0.321 e. The summed E-state index contributed by atoms with van der Waals surface area (Å²) >= 11 is 0. The van der Waals surface area contributed by atoms with E-state index < -0.39 is 62.1 Å². The third-order valence-corrected chi connectivity index (χ3v) is 12.1. The number of nitrogens with one attached hydrogen (secondary N) is 1. The first kappa shape index (κ1) is 53.0. The standard InChI is InChI=1S/C50H63N7O12/c1-52-41-14-8-9-15-43(41)69-45(52)31-37-21-23-55(40-13-7-6-12-39(37)40)22-11-29-57(2,3)28-10-4-5-16-44(58)51-38-19-17-36(18-20-38)30-42(50(67)68)56(35-49(65)66)27-26-53(32-46(59)60)24-25-54(33-47(61)62)34-48(63)64/h6-9,12-15,17-21,23,31,42H,4-5,10-11,16,22,24-30,32-35H2,1-3H3,(H4-2,51,58,59,60,61,62,63,64,65,66,67,68)/p+2. The minimum absolute atomic E-state index is 0.0725. The molecule has 1 atom stereocenters. The zero-order chi connectivity index (χ0) is 50.1. The molecule has 1 aliphatic heterocycles. The van der Waals surface area contributed by atoms with Crippen LogP contribution in [0.3, 0.4) is 0 Å². The van der Waals surface area contributed by atoms with Crippen LogP contribution in [0.15, 0.2) is 90.9 Å². The number of carbonyl (C=O) groups is 6. The highest BCUT2D eigenvalue weighted by Gasteiger charge is 2.29. The average molecular weight is 956 g/mol. The van der Waals surface area contributed by atoms with Crippen LogP contribution in [-0.2, 0) is 41.7 Å². The number of hydrogen-bond donors (Lipinski definition) is 6. The van der Waals surface area contributed by atoms with Gasteiger partial charge in [-0.2, -0.15) is 4.57 Å². The van der Waals surface area contributed by atoms with Crippen LogP contribution in [0.2, 0.25) is 0 Å². The molecule has 1 aromatic heterocycles. The van der Waals surface area contributed by atoms with Crippen molar-refractivity contribution in [2.75, 3.05) is 96.8 Å². The Morgan fingerprint density at radius 1 is 0.710 bits per heavy atom. The number of fused-ring (bicyclic) bond motifs is 2. The van der Waals surface area contributed by atoms with Gasteiger partial charge in [0.1, 0.15) is 6.04 Å². The van der Waals surface area contributed by atoms with Crippen LogP contribution >= 0.6 is 0 Å². The summed E-state index contributed by atoms with van der Waals surface area (Å²) in [4.78, 5) is 76.9. The number of unbranched alkanes of at least 4 members (excludes halogenated alkanes) is 2. The minimum Gasteiger partial charge on any atom is -0.480 e. The molecule has 3 aromatic carbocycles. The van der Waals surface area contributed by atoms with Crippen molar-refractivity contribution in [3.05, 3.63) is 102 Å². The van der Waals surface area contributed by atoms with Crippen molar-refractivity contribution < 1.29 is 68.1 Å². The van der Waals surface area contributed by atoms with Gasteiger partial charge < -0.3 is 45.0 Å². The number of nitrogens with zero attached hydrogens (tertiary/aromatic N) is 6. The number of amides is 1. The van der Waals surface area contributed by atoms with Crippen molar-refractivity contribution in [3.63, 3.8) is 0 Å². The molecular weight excluding hydrogens is 891 g/mol. The number of aromatic nitrogens is 1. The summed E-state index contributed by atoms with van der Waals surface area (Å²) in [6.07, 6.45) is 8.04. The molecule has 5 rings (SSSR count). The first-order valence-corrected chi connectivity index (χ1v) is 23.0. The van der Waals surface area contributed by atoms with Gasteiger partial charge in [0, 0.05) is 63.5 Å². The van der Waals surface area contributed by atoms with Gasteiger partial charge in [-0.05, 0) is 67.1 Å². The number of carbonyl (C=O) groups excluding carboxylic acids is 1. The van der Waals surface area contributed by atoms with Crippen LogP contribution in [-0.4, -0.2) is 173 Å². The zero-order valence-electron chi connectivity index (χ0n) is 39.5. The lowest BCUT2D eigenvalue weighted by molar-refractivity contribution is -0.892. The lowest BCUT2D eigenvalue weighted by Crippen LogP contribution is -2.49. The first-order valence-electron chi connectivity index (χ1n) is 23.0. The Morgan fingerprint density at radius 2 is 1.32 bits per heavy atom. The molecule has 0 bridgehead atoms. The van der Waals surface area contributed by atoms with Crippen LogP contribution in [0.25, 0.3) is 17.0 Å². The Labute approximate surface area is 401 Å². The molecule has 69 heavy (non-hydrogen) atoms. The SMILES string of the molecule is CN1/C(=C/c2cc[n+](CCC[N+](C)(C)CCCCCC(=O)Nc3ccc(CC(C(=O)O)N(CCN(CCN(CC(=O)O)CC(=O)O)CC(=O)O)CC(=O)O)cc3)c3ccccc23)Oc2ccccc21. The third kappa shape index (κ3) is 17.0. The van der Waals surface area contributed by atoms with Gasteiger partial charge in [-0.25, -0.2) is 0 Å². The molecule has 0 saturated carbocycles. The van der Waals surface area contributed by atoms with Crippen molar-refractivity contribution >= 4 is 64.1 Å². The second-order valence-electron chi connectivity index (χ2n) is 18.0. The highest BCUT2D eigenvalue weighted by atomic mass is 16.5. The lowest BCUT2D eigenvalue weighted by atomic mass is 10.0. The third-order valence-electron chi connectivity index (χ3n) is 12.1. The van der Waals surface area contributed by atoms with E-state index in [-0.39, 0.29) is 38.5 Å². The van der Waals surface area contributed by atoms with E-state index >= 15 is 0 Å². The van der Waals surface area contributed by atoms with E-state index in [4.69, 9.17) is 14.9 Å². The molecule has 19 heteroatoms. The summed E-state index contributed by atoms with van der Waals surface area (Å²) in [6, 6.07) is 23.9. The highest BCUT2D eigenvalue weighted by molar-refractivity contribution is 5.90. The van der Waals surface area contributed by atoms with Crippen molar-refractivity contribution in [2.24, 2.45) is 0 Å². The molecule has 1 amide bonds. The van der Waals surface area contributed by atoms with Crippen LogP contribution in [0.1, 0.15) is 43.2 Å². The van der Waals surface area contributed by atoms with E-state index in [1.54, 1.807) is 24.3 Å². The summed E-state index contributed by atoms with van der Waals surface area (Å²) in [6.45, 7) is -0.000645. The lowest BCUT2D eigenvalue weighted by Gasteiger charge is -2.31. The average Bonchev–Trinajstić information content (AvgIpc) is 3.60. The molecule has 0 saturated heterocycles. The van der Waals surface area contributed by atoms with Crippen molar-refractivity contribution in [2.45, 2.75) is 51.1 Å². The van der Waals surface area contributed by atoms with Crippen molar-refractivity contribution in [1.82, 2.24) is 14.7 Å². The Balaban J connectivity index is 1.05. The summed E-state index contributed by atoms with van der Waals surface area (Å²) in [5.41, 5.74) is 4.37. The summed E-state index contributed by atoms with van der Waals surface area (Å²) < 4.78 is 9.32. The van der Waals surface area contributed by atoms with Crippen LogP contribution in [0, 0.1) is 0 Å². The van der Waals surface area contributed by atoms with Gasteiger partial charge in [0.25, 0.3) is 0 Å². The quantitative estimate of drug-likeness (QED) is 0.0247. The molecule has 19 nitrogen and oxygen atoms in total. The molecule has 6 N–H and O–H groups in total. The second kappa shape index (κ2) is 25.4. The molecule has 0 fully saturated rings. The van der Waals surface area contributed by atoms with Gasteiger partial charge >= 0.3 is 29.8 Å². The van der Waals surface area contributed by atoms with Gasteiger partial charge in [-0.1, -0.05) is 36.4 Å². The number of hydrogen-bond acceptors (Lipinski definition) is 11. The number of para-hydroxylation sites is 3. The molecule has 370 valence electrons. The normalized spacial score (nSPS) is 13.5. The van der Waals surface area contributed by atoms with E-state index in [0.717, 1.165) is 82.1 Å². The fourth-order valence-electron chi connectivity index (χ4n) is 8.47. The molecule has 0 aliphatic carbocycles. The summed E-state index contributed by atoms with van der Waals surface area (Å²) in [5, 5.41) is 51.6. The fraction of sp³-hybridized carbons (Fsp3) is 0.420. The Bertz CT molecular complexity index is 2450. The summed E-state index contributed by atoms with van der Waals surface area (Å²) in [5.74, 6) is -4.89. The number of carboxylic acid groups (broad SMARTS) is 5. The van der Waals surface area contributed by atoms with Crippen LogP contribution in [0.5, 0.6) is 5.75 Å². The smallest absolute Gasteiger partial charge is 0.321 e. The van der Waals surface area contributed by atoms with Crippen molar-refractivity contribution in [3.8, 4) is 5.75 Å². The molecule has 2 heterocycles. The Morgan fingerprint density at radius 3 is 1.99 bits per heavy atom. The molecule has 4 aromatic rings. The van der Waals surface area contributed by atoms with Crippen LogP contribution in [0.4, 0.5) is 11.4 Å². The number of aryl methyl sites for hydroxylation is 1. The monoisotopic (exact) mass is 955 g/mol. The topological polar surface area (TPSA) is 242 Å². The van der Waals surface area contributed by atoms with Gasteiger partial charge in [-0.3, -0.25) is 43.5 Å². The van der Waals surface area contributed by atoms with E-state index in [2.05, 4.69) is 71.5 Å². The van der Waals surface area contributed by atoms with E-state index in [0.29, 0.717) is 24.1 Å². The number of aliphatic carboxylic acids is 5. The summed E-state index contributed by atoms with van der Waals surface area (Å²) in [7, 11) is 6.48. The van der Waals surface area contributed by atoms with Crippen molar-refractivity contribution in [1.29, 1.82) is 0 Å². The zero-order valence-corrected chi connectivity index (χ0v) is 39.5. The minimum atomic E-state index is -1.31. The van der Waals surface area contributed by atoms with E-state index in [9.17, 15) is 44.1 Å². The number of pyridine rings is 1. The van der Waals surface area contributed by atoms with Gasteiger partial charge in [0.05, 0.1) is 70.9 Å². The predicted molar refractivity (Wildman–Crippen MR) is 258 cm³/mol. The van der Waals surface area contributed by atoms with E-state index in [1.807, 2.05) is 31.3 Å². The number of quaternary nitrogens is 1. The molecule has 0 spiro atoms. The Kier molecular flexibility index (Phi) is 19.6. The number of benzene rings is 3. The van der Waals surface area contributed by atoms with Gasteiger partial charge in [0.15, 0.2) is 18.5 Å². The number of ether oxygens (including phenoxy) is 1. The molecule has 1 aliphatic rings. The molecule has 0 radical (unpaired) electrons. The van der Waals surface area contributed by atoms with Gasteiger partial charge in [0.2, 0.25) is 17.3 Å².